The quantitative estimate of drug-likeness (QED) is 0.682. The molecule has 16 heavy (non-hydrogen) atoms. The summed E-state index contributed by atoms with van der Waals surface area (Å²) in [4.78, 5) is 0. The van der Waals surface area contributed by atoms with Gasteiger partial charge in [0.25, 0.3) is 0 Å². The number of aliphatic hydroxyl groups is 1. The molecule has 1 unspecified atom stereocenters. The Labute approximate surface area is 95.2 Å². The summed E-state index contributed by atoms with van der Waals surface area (Å²) in [6.07, 6.45) is -0.249. The molecule has 0 aliphatic carbocycles. The van der Waals surface area contributed by atoms with Gasteiger partial charge in [-0.1, -0.05) is 18.2 Å². The summed E-state index contributed by atoms with van der Waals surface area (Å²) in [6.45, 7) is 1.73. The minimum atomic E-state index is -0.575. The standard InChI is InChI=1S/C12H18FNO2/c1-16-7-6-14-9-11(15)8-10-4-2-3-5-12(10)13/h2-5,11,14-15H,6-9H2,1H3. The van der Waals surface area contributed by atoms with Crippen molar-refractivity contribution in [3.05, 3.63) is 35.6 Å². The van der Waals surface area contributed by atoms with E-state index in [0.29, 0.717) is 31.7 Å². The molecular formula is C12H18FNO2. The molecule has 1 rings (SSSR count). The first-order valence-electron chi connectivity index (χ1n) is 5.35. The second kappa shape index (κ2) is 7.33. The average Bonchev–Trinajstić information content (AvgIpc) is 2.28. The highest BCUT2D eigenvalue weighted by Crippen LogP contribution is 2.08. The predicted molar refractivity (Wildman–Crippen MR) is 60.9 cm³/mol. The Morgan fingerprint density at radius 2 is 2.19 bits per heavy atom. The lowest BCUT2D eigenvalue weighted by atomic mass is 10.1. The number of rotatable bonds is 7. The number of hydrogen-bond acceptors (Lipinski definition) is 3. The van der Waals surface area contributed by atoms with Crippen LogP contribution < -0.4 is 5.32 Å². The molecule has 0 aliphatic heterocycles. The SMILES string of the molecule is COCCNCC(O)Cc1ccccc1F. The van der Waals surface area contributed by atoms with Crippen LogP contribution in [0.5, 0.6) is 0 Å². The van der Waals surface area contributed by atoms with Crippen molar-refractivity contribution in [2.45, 2.75) is 12.5 Å². The number of methoxy groups -OCH3 is 1. The molecule has 1 atom stereocenters. The Bertz CT molecular complexity index is 307. The smallest absolute Gasteiger partial charge is 0.126 e. The molecular weight excluding hydrogens is 209 g/mol. The van der Waals surface area contributed by atoms with Gasteiger partial charge in [-0.2, -0.15) is 0 Å². The van der Waals surface area contributed by atoms with Crippen LogP contribution in [0.2, 0.25) is 0 Å². The molecule has 0 saturated carbocycles. The number of aliphatic hydroxyl groups excluding tert-OH is 1. The third-order valence-electron chi connectivity index (χ3n) is 2.28. The fourth-order valence-corrected chi connectivity index (χ4v) is 1.43. The molecule has 4 heteroatoms. The van der Waals surface area contributed by atoms with Crippen molar-refractivity contribution in [2.24, 2.45) is 0 Å². The topological polar surface area (TPSA) is 41.5 Å². The van der Waals surface area contributed by atoms with Gasteiger partial charge in [-0.15, -0.1) is 0 Å². The molecule has 90 valence electrons. The first-order chi connectivity index (χ1) is 7.74. The number of halogens is 1. The molecule has 0 fully saturated rings. The van der Waals surface area contributed by atoms with Gasteiger partial charge in [0, 0.05) is 26.6 Å². The van der Waals surface area contributed by atoms with Crippen LogP contribution in [0.4, 0.5) is 4.39 Å². The summed E-state index contributed by atoms with van der Waals surface area (Å²) in [5.41, 5.74) is 0.545. The fraction of sp³-hybridized carbons (Fsp3) is 0.500. The van der Waals surface area contributed by atoms with Crippen LogP contribution in [-0.4, -0.2) is 38.0 Å². The lowest BCUT2D eigenvalue weighted by Crippen LogP contribution is -2.30. The Balaban J connectivity index is 2.28. The van der Waals surface area contributed by atoms with Crippen molar-refractivity contribution >= 4 is 0 Å². The zero-order chi connectivity index (χ0) is 11.8. The minimum absolute atomic E-state index is 0.265. The number of nitrogens with one attached hydrogen (secondary N) is 1. The van der Waals surface area contributed by atoms with Crippen molar-refractivity contribution < 1.29 is 14.2 Å². The maximum absolute atomic E-state index is 13.2. The fourth-order valence-electron chi connectivity index (χ4n) is 1.43. The van der Waals surface area contributed by atoms with E-state index in [1.165, 1.54) is 6.07 Å². The van der Waals surface area contributed by atoms with Crippen molar-refractivity contribution in [3.8, 4) is 0 Å². The van der Waals surface area contributed by atoms with Gasteiger partial charge in [-0.25, -0.2) is 4.39 Å². The highest BCUT2D eigenvalue weighted by atomic mass is 19.1. The Morgan fingerprint density at radius 3 is 2.88 bits per heavy atom. The van der Waals surface area contributed by atoms with Gasteiger partial charge >= 0.3 is 0 Å². The van der Waals surface area contributed by atoms with Gasteiger partial charge in [0.05, 0.1) is 12.7 Å². The van der Waals surface area contributed by atoms with Crippen LogP contribution in [0, 0.1) is 5.82 Å². The van der Waals surface area contributed by atoms with Crippen molar-refractivity contribution in [1.29, 1.82) is 0 Å². The van der Waals surface area contributed by atoms with Crippen LogP contribution in [0.1, 0.15) is 5.56 Å². The van der Waals surface area contributed by atoms with Gasteiger partial charge in [-0.3, -0.25) is 0 Å². The second-order valence-electron chi connectivity index (χ2n) is 3.65. The molecule has 0 saturated heterocycles. The summed E-state index contributed by atoms with van der Waals surface area (Å²) < 4.78 is 18.1. The highest BCUT2D eigenvalue weighted by Gasteiger charge is 2.08. The van der Waals surface area contributed by atoms with Crippen LogP contribution in [-0.2, 0) is 11.2 Å². The number of hydrogen-bond donors (Lipinski definition) is 2. The zero-order valence-corrected chi connectivity index (χ0v) is 9.45. The van der Waals surface area contributed by atoms with Crippen molar-refractivity contribution in [1.82, 2.24) is 5.32 Å². The van der Waals surface area contributed by atoms with E-state index in [1.54, 1.807) is 25.3 Å². The minimum Gasteiger partial charge on any atom is -0.391 e. The molecule has 2 N–H and O–H groups in total. The summed E-state index contributed by atoms with van der Waals surface area (Å²) in [5.74, 6) is -0.265. The number of ether oxygens (including phenoxy) is 1. The van der Waals surface area contributed by atoms with E-state index >= 15 is 0 Å². The summed E-state index contributed by atoms with van der Waals surface area (Å²) in [6, 6.07) is 6.50. The van der Waals surface area contributed by atoms with Crippen molar-refractivity contribution in [3.63, 3.8) is 0 Å². The van der Waals surface area contributed by atoms with E-state index in [0.717, 1.165) is 0 Å². The predicted octanol–water partition coefficient (Wildman–Crippen LogP) is 0.965. The molecule has 1 aromatic carbocycles. The Hall–Kier alpha value is -0.970. The zero-order valence-electron chi connectivity index (χ0n) is 9.45. The van der Waals surface area contributed by atoms with Crippen LogP contribution in [0.25, 0.3) is 0 Å². The summed E-state index contributed by atoms with van der Waals surface area (Å²) in [7, 11) is 1.62. The molecule has 0 spiro atoms. The molecule has 3 nitrogen and oxygen atoms in total. The molecule has 0 bridgehead atoms. The third-order valence-corrected chi connectivity index (χ3v) is 2.28. The van der Waals surface area contributed by atoms with E-state index in [1.807, 2.05) is 0 Å². The monoisotopic (exact) mass is 227 g/mol. The average molecular weight is 227 g/mol. The normalized spacial score (nSPS) is 12.7. The maximum atomic E-state index is 13.2. The Morgan fingerprint density at radius 1 is 1.44 bits per heavy atom. The molecule has 0 amide bonds. The lowest BCUT2D eigenvalue weighted by molar-refractivity contribution is 0.159. The van der Waals surface area contributed by atoms with Gasteiger partial charge in [-0.05, 0) is 11.6 Å². The van der Waals surface area contributed by atoms with Gasteiger partial charge in [0.15, 0.2) is 0 Å². The molecule has 0 aliphatic rings. The van der Waals surface area contributed by atoms with Gasteiger partial charge in [0.2, 0.25) is 0 Å². The number of benzene rings is 1. The molecule has 0 radical (unpaired) electrons. The highest BCUT2D eigenvalue weighted by molar-refractivity contribution is 5.18. The maximum Gasteiger partial charge on any atom is 0.126 e. The van der Waals surface area contributed by atoms with E-state index in [9.17, 15) is 9.50 Å². The van der Waals surface area contributed by atoms with E-state index < -0.39 is 6.10 Å². The van der Waals surface area contributed by atoms with Crippen LogP contribution in [0.3, 0.4) is 0 Å². The molecule has 0 heterocycles. The van der Waals surface area contributed by atoms with Gasteiger partial charge < -0.3 is 15.2 Å². The van der Waals surface area contributed by atoms with Crippen LogP contribution in [0.15, 0.2) is 24.3 Å². The van der Waals surface area contributed by atoms with E-state index in [-0.39, 0.29) is 5.82 Å². The second-order valence-corrected chi connectivity index (χ2v) is 3.65. The third kappa shape index (κ3) is 4.70. The first kappa shape index (κ1) is 13.1. The molecule has 1 aromatic rings. The van der Waals surface area contributed by atoms with Crippen LogP contribution >= 0.6 is 0 Å². The lowest BCUT2D eigenvalue weighted by Gasteiger charge is -2.12. The molecule has 0 aromatic heterocycles. The first-order valence-corrected chi connectivity index (χ1v) is 5.35. The Kier molecular flexibility index (Phi) is 6.00. The van der Waals surface area contributed by atoms with Gasteiger partial charge in [0.1, 0.15) is 5.82 Å². The summed E-state index contributed by atoms with van der Waals surface area (Å²) in [5, 5.41) is 12.7. The van der Waals surface area contributed by atoms with E-state index in [2.05, 4.69) is 5.32 Å². The largest absolute Gasteiger partial charge is 0.391 e. The summed E-state index contributed by atoms with van der Waals surface area (Å²) >= 11 is 0. The van der Waals surface area contributed by atoms with Crippen molar-refractivity contribution in [2.75, 3.05) is 26.8 Å². The van der Waals surface area contributed by atoms with E-state index in [4.69, 9.17) is 4.74 Å².